The lowest BCUT2D eigenvalue weighted by atomic mass is 10.2. The predicted octanol–water partition coefficient (Wildman–Crippen LogP) is -0.950. The van der Waals surface area contributed by atoms with E-state index in [9.17, 15) is 19.2 Å². The van der Waals surface area contributed by atoms with Gasteiger partial charge in [-0.15, -0.1) is 0 Å². The second-order valence-electron chi connectivity index (χ2n) is 3.60. The molecule has 2 aromatic rings. The minimum absolute atomic E-state index is 0.0906. The summed E-state index contributed by atoms with van der Waals surface area (Å²) in [6.07, 6.45) is 1.40. The van der Waals surface area contributed by atoms with Crippen molar-refractivity contribution in [1.82, 2.24) is 14.5 Å². The molecule has 8 nitrogen and oxygen atoms in total. The minimum Gasteiger partial charge on any atom is -0.258 e. The van der Waals surface area contributed by atoms with Gasteiger partial charge in [-0.05, 0) is 17.7 Å². The summed E-state index contributed by atoms with van der Waals surface area (Å²) in [6.45, 7) is 0.0906. The van der Waals surface area contributed by atoms with Crippen molar-refractivity contribution in [2.24, 2.45) is 4.99 Å². The van der Waals surface area contributed by atoms with Crippen LogP contribution in [0.25, 0.3) is 5.69 Å². The van der Waals surface area contributed by atoms with Gasteiger partial charge in [-0.1, -0.05) is 12.1 Å². The molecule has 0 unspecified atom stereocenters. The average molecular weight is 260 g/mol. The van der Waals surface area contributed by atoms with E-state index in [4.69, 9.17) is 0 Å². The fourth-order valence-electron chi connectivity index (χ4n) is 1.58. The number of isocyanates is 1. The third kappa shape index (κ3) is 2.64. The van der Waals surface area contributed by atoms with Crippen LogP contribution in [-0.2, 0) is 11.3 Å². The fraction of sp³-hybridized carbons (Fsp3) is 0.0909. The molecule has 96 valence electrons. The molecule has 0 atom stereocenters. The van der Waals surface area contributed by atoms with Crippen LogP contribution in [0, 0.1) is 0 Å². The third-order valence-electron chi connectivity index (χ3n) is 2.34. The Labute approximate surface area is 105 Å². The number of nitrogens with one attached hydrogen (secondary N) is 2. The molecule has 1 aromatic carbocycles. The van der Waals surface area contributed by atoms with E-state index in [1.807, 2.05) is 9.97 Å². The number of aliphatic imine (C=N–C) groups is 1. The topological polar surface area (TPSA) is 117 Å². The molecule has 0 saturated carbocycles. The summed E-state index contributed by atoms with van der Waals surface area (Å²) < 4.78 is 0.773. The van der Waals surface area contributed by atoms with Crippen molar-refractivity contribution < 1.29 is 4.79 Å². The van der Waals surface area contributed by atoms with Crippen LogP contribution in [0.15, 0.2) is 43.6 Å². The third-order valence-corrected chi connectivity index (χ3v) is 2.34. The van der Waals surface area contributed by atoms with Crippen molar-refractivity contribution in [2.45, 2.75) is 6.54 Å². The number of carbonyl (C=O) groups excluding carboxylic acids is 1. The van der Waals surface area contributed by atoms with Crippen LogP contribution < -0.4 is 17.1 Å². The maximum Gasteiger partial charge on any atom is 0.338 e. The van der Waals surface area contributed by atoms with E-state index in [1.165, 1.54) is 18.2 Å². The minimum atomic E-state index is -0.868. The normalized spacial score (nSPS) is 9.89. The van der Waals surface area contributed by atoms with Gasteiger partial charge in [0.05, 0.1) is 12.2 Å². The van der Waals surface area contributed by atoms with E-state index >= 15 is 0 Å². The van der Waals surface area contributed by atoms with Crippen LogP contribution in [0.5, 0.6) is 0 Å². The molecule has 2 rings (SSSR count). The van der Waals surface area contributed by atoms with Crippen LogP contribution >= 0.6 is 0 Å². The summed E-state index contributed by atoms with van der Waals surface area (Å²) >= 11 is 0. The van der Waals surface area contributed by atoms with Gasteiger partial charge in [0.25, 0.3) is 0 Å². The standard InChI is InChI=1S/C11H8N4O4/c16-6-12-5-7-2-1-3-8(4-7)15-10(18)13-9(17)14-11(15)19/h1-4H,5H2,(H2,13,14,17,18,19). The number of benzene rings is 1. The molecule has 2 N–H and O–H groups in total. The van der Waals surface area contributed by atoms with E-state index < -0.39 is 17.1 Å². The van der Waals surface area contributed by atoms with E-state index in [2.05, 4.69) is 4.99 Å². The number of H-pyrrole nitrogens is 2. The molecule has 0 bridgehead atoms. The Balaban J connectivity index is 2.60. The van der Waals surface area contributed by atoms with Gasteiger partial charge in [-0.3, -0.25) is 9.97 Å². The van der Waals surface area contributed by atoms with Gasteiger partial charge in [0.1, 0.15) is 0 Å². The zero-order valence-electron chi connectivity index (χ0n) is 9.54. The molecule has 0 radical (unpaired) electrons. The quantitative estimate of drug-likeness (QED) is 0.546. The van der Waals surface area contributed by atoms with Gasteiger partial charge in [-0.2, -0.15) is 0 Å². The molecule has 0 aliphatic heterocycles. The fourth-order valence-corrected chi connectivity index (χ4v) is 1.58. The maximum atomic E-state index is 11.6. The molecule has 1 aromatic heterocycles. The van der Waals surface area contributed by atoms with Crippen molar-refractivity contribution in [1.29, 1.82) is 0 Å². The second-order valence-corrected chi connectivity index (χ2v) is 3.60. The smallest absolute Gasteiger partial charge is 0.258 e. The number of aromatic amines is 2. The first-order chi connectivity index (χ1) is 9.11. The Morgan fingerprint density at radius 3 is 2.47 bits per heavy atom. The summed E-state index contributed by atoms with van der Waals surface area (Å²) in [4.78, 5) is 51.4. The van der Waals surface area contributed by atoms with Gasteiger partial charge in [0.2, 0.25) is 6.08 Å². The molecule has 0 spiro atoms. The highest BCUT2D eigenvalue weighted by Gasteiger charge is 2.06. The molecule has 1 heterocycles. The molecular weight excluding hydrogens is 252 g/mol. The molecule has 8 heteroatoms. The highest BCUT2D eigenvalue weighted by molar-refractivity contribution is 5.37. The molecule has 0 aliphatic rings. The van der Waals surface area contributed by atoms with Gasteiger partial charge in [-0.25, -0.2) is 28.7 Å². The van der Waals surface area contributed by atoms with Gasteiger partial charge in [0.15, 0.2) is 0 Å². The summed E-state index contributed by atoms with van der Waals surface area (Å²) in [6, 6.07) is 6.30. The number of nitrogens with zero attached hydrogens (tertiary/aromatic N) is 2. The Bertz CT molecular complexity index is 789. The largest absolute Gasteiger partial charge is 0.338 e. The van der Waals surface area contributed by atoms with Crippen molar-refractivity contribution in [3.63, 3.8) is 0 Å². The Hall–Kier alpha value is -2.99. The van der Waals surface area contributed by atoms with Crippen LogP contribution in [0.4, 0.5) is 0 Å². The predicted molar refractivity (Wildman–Crippen MR) is 65.1 cm³/mol. The summed E-state index contributed by atoms with van der Waals surface area (Å²) in [5, 5.41) is 0. The van der Waals surface area contributed by atoms with Crippen molar-refractivity contribution >= 4 is 6.08 Å². The molecule has 0 fully saturated rings. The van der Waals surface area contributed by atoms with Gasteiger partial charge in [0, 0.05) is 0 Å². The Morgan fingerprint density at radius 2 is 1.84 bits per heavy atom. The summed E-state index contributed by atoms with van der Waals surface area (Å²) in [5.41, 5.74) is -1.66. The maximum absolute atomic E-state index is 11.6. The van der Waals surface area contributed by atoms with E-state index in [0.29, 0.717) is 5.56 Å². The summed E-state index contributed by atoms with van der Waals surface area (Å²) in [5.74, 6) is 0. The van der Waals surface area contributed by atoms with E-state index in [1.54, 1.807) is 12.1 Å². The Morgan fingerprint density at radius 1 is 1.16 bits per heavy atom. The molecule has 0 saturated heterocycles. The molecule has 0 aliphatic carbocycles. The average Bonchev–Trinajstić information content (AvgIpc) is 2.35. The van der Waals surface area contributed by atoms with Crippen LogP contribution in [0.3, 0.4) is 0 Å². The number of hydrogen-bond acceptors (Lipinski definition) is 5. The SMILES string of the molecule is O=C=NCc1cccc(-n2c(=O)[nH]c(=O)[nH]c2=O)c1. The van der Waals surface area contributed by atoms with Crippen molar-refractivity contribution in [2.75, 3.05) is 0 Å². The first kappa shape index (κ1) is 12.5. The lowest BCUT2D eigenvalue weighted by molar-refractivity contribution is 0.563. The molecule has 19 heavy (non-hydrogen) atoms. The zero-order valence-corrected chi connectivity index (χ0v) is 9.54. The first-order valence-corrected chi connectivity index (χ1v) is 5.20. The molecular formula is C11H8N4O4. The lowest BCUT2D eigenvalue weighted by Gasteiger charge is -2.04. The number of hydrogen-bond donors (Lipinski definition) is 2. The Kier molecular flexibility index (Phi) is 3.35. The van der Waals surface area contributed by atoms with Crippen molar-refractivity contribution in [3.05, 3.63) is 61.3 Å². The van der Waals surface area contributed by atoms with Crippen LogP contribution in [0.2, 0.25) is 0 Å². The zero-order chi connectivity index (χ0) is 13.8. The number of aromatic nitrogens is 3. The summed E-state index contributed by atoms with van der Waals surface area (Å²) in [7, 11) is 0. The van der Waals surface area contributed by atoms with E-state index in [0.717, 1.165) is 4.57 Å². The van der Waals surface area contributed by atoms with Gasteiger partial charge < -0.3 is 0 Å². The lowest BCUT2D eigenvalue weighted by Crippen LogP contribution is -2.42. The second kappa shape index (κ2) is 5.11. The van der Waals surface area contributed by atoms with Crippen LogP contribution in [-0.4, -0.2) is 20.6 Å². The highest BCUT2D eigenvalue weighted by Crippen LogP contribution is 2.07. The first-order valence-electron chi connectivity index (χ1n) is 5.20. The molecule has 0 amide bonds. The van der Waals surface area contributed by atoms with Crippen LogP contribution in [0.1, 0.15) is 5.56 Å². The van der Waals surface area contributed by atoms with Crippen molar-refractivity contribution in [3.8, 4) is 5.69 Å². The monoisotopic (exact) mass is 260 g/mol. The highest BCUT2D eigenvalue weighted by atomic mass is 16.2. The van der Waals surface area contributed by atoms with Gasteiger partial charge >= 0.3 is 17.1 Å². The van der Waals surface area contributed by atoms with E-state index in [-0.39, 0.29) is 12.2 Å². The number of rotatable bonds is 3.